The molecule has 1 unspecified atom stereocenters. The molecule has 0 aromatic heterocycles. The third-order valence-electron chi connectivity index (χ3n) is 3.34. The second kappa shape index (κ2) is 3.65. The van der Waals surface area contributed by atoms with E-state index in [9.17, 15) is 4.79 Å². The predicted molar refractivity (Wildman–Crippen MR) is 53.4 cm³/mol. The van der Waals surface area contributed by atoms with Crippen molar-refractivity contribution in [1.29, 1.82) is 0 Å². The van der Waals surface area contributed by atoms with E-state index in [-0.39, 0.29) is 0 Å². The minimum atomic E-state index is 0.430. The van der Waals surface area contributed by atoms with E-state index in [0.29, 0.717) is 17.6 Å². The Hall–Kier alpha value is -0.590. The fourth-order valence-corrected chi connectivity index (χ4v) is 2.65. The van der Waals surface area contributed by atoms with E-state index >= 15 is 0 Å². The zero-order chi connectivity index (χ0) is 9.26. The van der Waals surface area contributed by atoms with E-state index in [2.05, 4.69) is 13.0 Å². The van der Waals surface area contributed by atoms with Crippen LogP contribution in [-0.4, -0.2) is 5.78 Å². The Morgan fingerprint density at radius 3 is 2.46 bits per heavy atom. The number of ketones is 1. The van der Waals surface area contributed by atoms with E-state index in [1.807, 2.05) is 0 Å². The number of allylic oxidation sites excluding steroid dienone is 2. The number of hydrogen-bond donors (Lipinski definition) is 0. The Labute approximate surface area is 80.2 Å². The predicted octanol–water partition coefficient (Wildman–Crippen LogP) is 3.10. The number of Topliss-reactive ketones (excluding diaryl/α,β-unsaturated/α-hetero) is 1. The van der Waals surface area contributed by atoms with Gasteiger partial charge in [0.1, 0.15) is 0 Å². The van der Waals surface area contributed by atoms with E-state index in [1.165, 1.54) is 37.7 Å². The summed E-state index contributed by atoms with van der Waals surface area (Å²) in [6.07, 6.45) is 9.51. The lowest BCUT2D eigenvalue weighted by Gasteiger charge is -2.21. The second-order valence-corrected chi connectivity index (χ2v) is 4.56. The molecule has 0 aromatic carbocycles. The standard InChI is InChI=1S/C12H18O/c1-9-7-11(12(13)8-9)10-5-3-2-4-6-10/h7,9-10H,2-6,8H2,1H3. The molecular formula is C12H18O. The lowest BCUT2D eigenvalue weighted by atomic mass is 9.83. The van der Waals surface area contributed by atoms with Crippen molar-refractivity contribution in [2.45, 2.75) is 45.4 Å². The van der Waals surface area contributed by atoms with Gasteiger partial charge in [-0.05, 0) is 30.3 Å². The minimum Gasteiger partial charge on any atom is -0.295 e. The molecule has 0 amide bonds. The van der Waals surface area contributed by atoms with Crippen molar-refractivity contribution in [2.24, 2.45) is 11.8 Å². The summed E-state index contributed by atoms with van der Waals surface area (Å²) in [4.78, 5) is 11.6. The fourth-order valence-electron chi connectivity index (χ4n) is 2.65. The van der Waals surface area contributed by atoms with Gasteiger partial charge in [0.15, 0.2) is 5.78 Å². The Kier molecular flexibility index (Phi) is 2.52. The Morgan fingerprint density at radius 2 is 1.92 bits per heavy atom. The molecule has 0 heterocycles. The molecule has 1 nitrogen and oxygen atoms in total. The van der Waals surface area contributed by atoms with Gasteiger partial charge in [-0.15, -0.1) is 0 Å². The lowest BCUT2D eigenvalue weighted by molar-refractivity contribution is -0.115. The summed E-state index contributed by atoms with van der Waals surface area (Å²) < 4.78 is 0. The van der Waals surface area contributed by atoms with E-state index in [1.54, 1.807) is 0 Å². The van der Waals surface area contributed by atoms with Crippen LogP contribution in [0.2, 0.25) is 0 Å². The highest BCUT2D eigenvalue weighted by Crippen LogP contribution is 2.35. The van der Waals surface area contributed by atoms with Crippen LogP contribution in [-0.2, 0) is 4.79 Å². The molecule has 1 fully saturated rings. The lowest BCUT2D eigenvalue weighted by Crippen LogP contribution is -2.13. The Morgan fingerprint density at radius 1 is 1.23 bits per heavy atom. The van der Waals surface area contributed by atoms with E-state index in [0.717, 1.165) is 6.42 Å². The first-order valence-electron chi connectivity index (χ1n) is 5.52. The summed E-state index contributed by atoms with van der Waals surface area (Å²) in [6.45, 7) is 2.15. The van der Waals surface area contributed by atoms with Gasteiger partial charge in [0.2, 0.25) is 0 Å². The first-order chi connectivity index (χ1) is 6.27. The number of carbonyl (C=O) groups excluding carboxylic acids is 1. The normalized spacial score (nSPS) is 30.7. The fraction of sp³-hybridized carbons (Fsp3) is 0.750. The van der Waals surface area contributed by atoms with Crippen molar-refractivity contribution in [3.63, 3.8) is 0 Å². The molecule has 0 aliphatic heterocycles. The van der Waals surface area contributed by atoms with Gasteiger partial charge in [0.05, 0.1) is 0 Å². The third kappa shape index (κ3) is 1.84. The van der Waals surface area contributed by atoms with Crippen molar-refractivity contribution >= 4 is 5.78 Å². The van der Waals surface area contributed by atoms with Gasteiger partial charge in [-0.2, -0.15) is 0 Å². The Bertz CT molecular complexity index is 234. The van der Waals surface area contributed by atoms with Crippen LogP contribution >= 0.6 is 0 Å². The van der Waals surface area contributed by atoms with Crippen LogP contribution in [0.5, 0.6) is 0 Å². The van der Waals surface area contributed by atoms with Crippen molar-refractivity contribution in [2.75, 3.05) is 0 Å². The summed E-state index contributed by atoms with van der Waals surface area (Å²) >= 11 is 0. The van der Waals surface area contributed by atoms with Crippen LogP contribution < -0.4 is 0 Å². The molecule has 0 radical (unpaired) electrons. The highest BCUT2D eigenvalue weighted by molar-refractivity contribution is 5.98. The molecule has 0 spiro atoms. The van der Waals surface area contributed by atoms with Crippen LogP contribution in [0, 0.1) is 11.8 Å². The summed E-state index contributed by atoms with van der Waals surface area (Å²) in [5, 5.41) is 0. The van der Waals surface area contributed by atoms with Gasteiger partial charge in [-0.25, -0.2) is 0 Å². The molecule has 2 aliphatic rings. The SMILES string of the molecule is CC1C=C(C2CCCCC2)C(=O)C1. The highest BCUT2D eigenvalue weighted by Gasteiger charge is 2.28. The maximum Gasteiger partial charge on any atom is 0.159 e. The number of rotatable bonds is 1. The highest BCUT2D eigenvalue weighted by atomic mass is 16.1. The largest absolute Gasteiger partial charge is 0.295 e. The molecule has 13 heavy (non-hydrogen) atoms. The first-order valence-corrected chi connectivity index (χ1v) is 5.52. The molecule has 0 saturated heterocycles. The molecule has 0 N–H and O–H groups in total. The van der Waals surface area contributed by atoms with Crippen LogP contribution in [0.3, 0.4) is 0 Å². The van der Waals surface area contributed by atoms with Crippen molar-refractivity contribution in [1.82, 2.24) is 0 Å². The van der Waals surface area contributed by atoms with Gasteiger partial charge < -0.3 is 0 Å². The average molecular weight is 178 g/mol. The molecule has 2 aliphatic carbocycles. The van der Waals surface area contributed by atoms with Crippen molar-refractivity contribution in [3.05, 3.63) is 11.6 Å². The summed E-state index contributed by atoms with van der Waals surface area (Å²) in [7, 11) is 0. The molecule has 72 valence electrons. The zero-order valence-corrected chi connectivity index (χ0v) is 8.38. The third-order valence-corrected chi connectivity index (χ3v) is 3.34. The van der Waals surface area contributed by atoms with Gasteiger partial charge in [-0.3, -0.25) is 4.79 Å². The monoisotopic (exact) mass is 178 g/mol. The molecule has 1 heteroatoms. The van der Waals surface area contributed by atoms with E-state index in [4.69, 9.17) is 0 Å². The summed E-state index contributed by atoms with van der Waals surface area (Å²) in [6, 6.07) is 0. The van der Waals surface area contributed by atoms with Crippen LogP contribution in [0.25, 0.3) is 0 Å². The minimum absolute atomic E-state index is 0.430. The zero-order valence-electron chi connectivity index (χ0n) is 8.38. The van der Waals surface area contributed by atoms with Crippen molar-refractivity contribution in [3.8, 4) is 0 Å². The quantitative estimate of drug-likeness (QED) is 0.603. The summed E-state index contributed by atoms with van der Waals surface area (Å²) in [5.74, 6) is 1.55. The molecule has 1 saturated carbocycles. The molecule has 1 atom stereocenters. The molecule has 0 bridgehead atoms. The summed E-state index contributed by atoms with van der Waals surface area (Å²) in [5.41, 5.74) is 1.17. The maximum absolute atomic E-state index is 11.6. The second-order valence-electron chi connectivity index (χ2n) is 4.56. The maximum atomic E-state index is 11.6. The average Bonchev–Trinajstić information content (AvgIpc) is 2.47. The molecule has 2 rings (SSSR count). The molecule has 0 aromatic rings. The van der Waals surface area contributed by atoms with Gasteiger partial charge in [-0.1, -0.05) is 32.3 Å². The van der Waals surface area contributed by atoms with Gasteiger partial charge >= 0.3 is 0 Å². The van der Waals surface area contributed by atoms with E-state index < -0.39 is 0 Å². The topological polar surface area (TPSA) is 17.1 Å². The molecular weight excluding hydrogens is 160 g/mol. The van der Waals surface area contributed by atoms with Gasteiger partial charge in [0, 0.05) is 6.42 Å². The Balaban J connectivity index is 2.06. The smallest absolute Gasteiger partial charge is 0.159 e. The first kappa shape index (κ1) is 8.98. The number of hydrogen-bond acceptors (Lipinski definition) is 1. The van der Waals surface area contributed by atoms with Crippen LogP contribution in [0.4, 0.5) is 0 Å². The van der Waals surface area contributed by atoms with Crippen LogP contribution in [0.15, 0.2) is 11.6 Å². The number of carbonyl (C=O) groups is 1. The van der Waals surface area contributed by atoms with Gasteiger partial charge in [0.25, 0.3) is 0 Å². The van der Waals surface area contributed by atoms with Crippen molar-refractivity contribution < 1.29 is 4.79 Å². The van der Waals surface area contributed by atoms with Crippen LogP contribution in [0.1, 0.15) is 45.4 Å².